The summed E-state index contributed by atoms with van der Waals surface area (Å²) in [5.74, 6) is 0. The van der Waals surface area contributed by atoms with Crippen molar-refractivity contribution in [3.05, 3.63) is 60.2 Å². The first-order valence-electron chi connectivity index (χ1n) is 5.97. The smallest absolute Gasteiger partial charge is 0.409 e. The normalized spacial score (nSPS) is 11.8. The highest BCUT2D eigenvalue weighted by atomic mass is 32.2. The first-order chi connectivity index (χ1) is 9.15. The third-order valence-corrected chi connectivity index (χ3v) is 3.86. The van der Waals surface area contributed by atoms with Gasteiger partial charge in [0, 0.05) is 15.8 Å². The molecule has 2 rings (SSSR count). The molecule has 0 aliphatic carbocycles. The molecule has 0 aliphatic heterocycles. The first kappa shape index (κ1) is 13.5. The van der Waals surface area contributed by atoms with Gasteiger partial charge in [0.1, 0.15) is 0 Å². The van der Waals surface area contributed by atoms with E-state index < -0.39 is 6.09 Å². The fourth-order valence-corrected chi connectivity index (χ4v) is 2.73. The summed E-state index contributed by atoms with van der Waals surface area (Å²) in [5, 5.41) is 11.3. The Hall–Kier alpha value is -1.94. The number of nitrogens with one attached hydrogen (secondary N) is 1. The zero-order chi connectivity index (χ0) is 13.7. The van der Waals surface area contributed by atoms with Crippen LogP contribution in [0, 0.1) is 0 Å². The Morgan fingerprint density at radius 2 is 1.74 bits per heavy atom. The summed E-state index contributed by atoms with van der Waals surface area (Å²) in [5.41, 5.74) is 1.87. The molecule has 0 spiro atoms. The number of amides is 1. The quantitative estimate of drug-likeness (QED) is 0.798. The van der Waals surface area contributed by atoms with E-state index in [2.05, 4.69) is 24.4 Å². The van der Waals surface area contributed by atoms with Crippen LogP contribution in [0.3, 0.4) is 0 Å². The van der Waals surface area contributed by atoms with Crippen molar-refractivity contribution in [1.29, 1.82) is 0 Å². The molecule has 1 atom stereocenters. The molecule has 98 valence electrons. The summed E-state index contributed by atoms with van der Waals surface area (Å²) in [4.78, 5) is 11.6. The van der Waals surface area contributed by atoms with Crippen LogP contribution in [0.2, 0.25) is 0 Å². The van der Waals surface area contributed by atoms with Gasteiger partial charge >= 0.3 is 6.09 Å². The van der Waals surface area contributed by atoms with Gasteiger partial charge in [-0.2, -0.15) is 0 Å². The molecule has 0 aliphatic rings. The van der Waals surface area contributed by atoms with E-state index in [0.29, 0.717) is 10.9 Å². The topological polar surface area (TPSA) is 49.3 Å². The number of benzene rings is 2. The molecule has 0 fully saturated rings. The minimum Gasteiger partial charge on any atom is -0.465 e. The van der Waals surface area contributed by atoms with Crippen LogP contribution in [0.1, 0.15) is 17.7 Å². The van der Waals surface area contributed by atoms with Gasteiger partial charge in [0.25, 0.3) is 0 Å². The van der Waals surface area contributed by atoms with E-state index in [1.54, 1.807) is 23.9 Å². The summed E-state index contributed by atoms with van der Waals surface area (Å²) in [6, 6.07) is 17.7. The van der Waals surface area contributed by atoms with Crippen molar-refractivity contribution in [2.75, 3.05) is 5.32 Å². The SMILES string of the molecule is CC(Sc1ccc(NC(=O)O)cc1)c1ccccc1. The van der Waals surface area contributed by atoms with Gasteiger partial charge in [-0.25, -0.2) is 4.79 Å². The van der Waals surface area contributed by atoms with Crippen molar-refractivity contribution in [2.24, 2.45) is 0 Å². The second-order valence-corrected chi connectivity index (χ2v) is 5.54. The lowest BCUT2D eigenvalue weighted by atomic mass is 10.2. The number of carbonyl (C=O) groups is 1. The molecule has 1 unspecified atom stereocenters. The van der Waals surface area contributed by atoms with Gasteiger partial charge in [0.05, 0.1) is 0 Å². The van der Waals surface area contributed by atoms with Gasteiger partial charge in [0.15, 0.2) is 0 Å². The first-order valence-corrected chi connectivity index (χ1v) is 6.85. The van der Waals surface area contributed by atoms with Crippen molar-refractivity contribution in [3.8, 4) is 0 Å². The Morgan fingerprint density at radius 3 is 2.32 bits per heavy atom. The van der Waals surface area contributed by atoms with E-state index in [9.17, 15) is 4.79 Å². The van der Waals surface area contributed by atoms with Crippen molar-refractivity contribution >= 4 is 23.5 Å². The summed E-state index contributed by atoms with van der Waals surface area (Å²) in [7, 11) is 0. The van der Waals surface area contributed by atoms with Gasteiger partial charge in [-0.05, 0) is 36.8 Å². The van der Waals surface area contributed by atoms with E-state index in [4.69, 9.17) is 5.11 Å². The van der Waals surface area contributed by atoms with Crippen LogP contribution in [-0.2, 0) is 0 Å². The van der Waals surface area contributed by atoms with Gasteiger partial charge in [-0.15, -0.1) is 11.8 Å². The maximum Gasteiger partial charge on any atom is 0.409 e. The van der Waals surface area contributed by atoms with E-state index in [1.807, 2.05) is 30.3 Å². The van der Waals surface area contributed by atoms with Crippen LogP contribution in [0.4, 0.5) is 10.5 Å². The summed E-state index contributed by atoms with van der Waals surface area (Å²) >= 11 is 1.75. The third-order valence-electron chi connectivity index (χ3n) is 2.69. The zero-order valence-corrected chi connectivity index (χ0v) is 11.4. The average molecular weight is 273 g/mol. The molecule has 19 heavy (non-hydrogen) atoms. The van der Waals surface area contributed by atoms with Crippen LogP contribution in [-0.4, -0.2) is 11.2 Å². The predicted octanol–water partition coefficient (Wildman–Crippen LogP) is 4.63. The van der Waals surface area contributed by atoms with Gasteiger partial charge < -0.3 is 5.11 Å². The third kappa shape index (κ3) is 4.03. The fraction of sp³-hybridized carbons (Fsp3) is 0.133. The van der Waals surface area contributed by atoms with Crippen LogP contribution in [0.25, 0.3) is 0 Å². The molecule has 0 bridgehead atoms. The largest absolute Gasteiger partial charge is 0.465 e. The Labute approximate surface area is 116 Å². The Bertz CT molecular complexity index is 540. The van der Waals surface area contributed by atoms with Crippen molar-refractivity contribution in [3.63, 3.8) is 0 Å². The van der Waals surface area contributed by atoms with Crippen LogP contribution < -0.4 is 5.32 Å². The van der Waals surface area contributed by atoms with Gasteiger partial charge in [-0.3, -0.25) is 5.32 Å². The predicted molar refractivity (Wildman–Crippen MR) is 78.8 cm³/mol. The van der Waals surface area contributed by atoms with E-state index in [-0.39, 0.29) is 0 Å². The van der Waals surface area contributed by atoms with E-state index in [0.717, 1.165) is 4.90 Å². The van der Waals surface area contributed by atoms with Crippen molar-refractivity contribution in [1.82, 2.24) is 0 Å². The molecule has 2 aromatic carbocycles. The van der Waals surface area contributed by atoms with Crippen molar-refractivity contribution in [2.45, 2.75) is 17.1 Å². The number of hydrogen-bond acceptors (Lipinski definition) is 2. The lowest BCUT2D eigenvalue weighted by Gasteiger charge is -2.11. The molecule has 1 amide bonds. The number of hydrogen-bond donors (Lipinski definition) is 2. The van der Waals surface area contributed by atoms with E-state index in [1.165, 1.54) is 5.56 Å². The molecule has 0 saturated heterocycles. The number of carboxylic acid groups (broad SMARTS) is 1. The molecule has 4 heteroatoms. The zero-order valence-electron chi connectivity index (χ0n) is 10.5. The minimum absolute atomic E-state index is 0.361. The molecular formula is C15H15NO2S. The molecule has 0 radical (unpaired) electrons. The number of anilines is 1. The van der Waals surface area contributed by atoms with Crippen LogP contribution in [0.15, 0.2) is 59.5 Å². The van der Waals surface area contributed by atoms with Crippen LogP contribution in [0.5, 0.6) is 0 Å². The minimum atomic E-state index is -1.04. The standard InChI is InChI=1S/C15H15NO2S/c1-11(12-5-3-2-4-6-12)19-14-9-7-13(8-10-14)16-15(17)18/h2-11,16H,1H3,(H,17,18). The van der Waals surface area contributed by atoms with Crippen LogP contribution >= 0.6 is 11.8 Å². The fourth-order valence-electron chi connectivity index (χ4n) is 1.74. The number of rotatable bonds is 4. The number of thioether (sulfide) groups is 1. The summed E-state index contributed by atoms with van der Waals surface area (Å²) in [6.07, 6.45) is -1.04. The Kier molecular flexibility index (Phi) is 4.47. The second kappa shape index (κ2) is 6.29. The highest BCUT2D eigenvalue weighted by Gasteiger charge is 2.07. The highest BCUT2D eigenvalue weighted by molar-refractivity contribution is 7.99. The van der Waals surface area contributed by atoms with Crippen molar-refractivity contribution < 1.29 is 9.90 Å². The highest BCUT2D eigenvalue weighted by Crippen LogP contribution is 2.34. The molecule has 0 saturated carbocycles. The molecule has 3 nitrogen and oxygen atoms in total. The monoisotopic (exact) mass is 273 g/mol. The Balaban J connectivity index is 2.01. The maximum atomic E-state index is 10.5. The lowest BCUT2D eigenvalue weighted by Crippen LogP contribution is -2.06. The summed E-state index contributed by atoms with van der Waals surface area (Å²) < 4.78 is 0. The molecular weight excluding hydrogens is 258 g/mol. The maximum absolute atomic E-state index is 10.5. The summed E-state index contributed by atoms with van der Waals surface area (Å²) in [6.45, 7) is 2.16. The average Bonchev–Trinajstić information content (AvgIpc) is 2.41. The molecule has 0 heterocycles. The molecule has 0 aromatic heterocycles. The van der Waals surface area contributed by atoms with E-state index >= 15 is 0 Å². The molecule has 2 N–H and O–H groups in total. The lowest BCUT2D eigenvalue weighted by molar-refractivity contribution is 0.210. The molecule has 2 aromatic rings. The second-order valence-electron chi connectivity index (χ2n) is 4.13. The van der Waals surface area contributed by atoms with Gasteiger partial charge in [0.2, 0.25) is 0 Å². The Morgan fingerprint density at radius 1 is 1.11 bits per heavy atom. The van der Waals surface area contributed by atoms with Gasteiger partial charge in [-0.1, -0.05) is 30.3 Å².